The summed E-state index contributed by atoms with van der Waals surface area (Å²) < 4.78 is 0. The van der Waals surface area contributed by atoms with Crippen LogP contribution >= 0.6 is 0 Å². The molecule has 0 radical (unpaired) electrons. The van der Waals surface area contributed by atoms with E-state index < -0.39 is 6.23 Å². The first-order valence-electron chi connectivity index (χ1n) is 2.81. The average Bonchev–Trinajstić information content (AvgIpc) is 1.99. The van der Waals surface area contributed by atoms with Crippen LogP contribution in [-0.4, -0.2) is 12.8 Å². The third kappa shape index (κ3) is 4.22. The van der Waals surface area contributed by atoms with Crippen molar-refractivity contribution < 1.29 is 9.68 Å². The predicted molar refractivity (Wildman–Crippen MR) is 38.5 cm³/mol. The molecule has 10 heavy (non-hydrogen) atoms. The highest BCUT2D eigenvalue weighted by Gasteiger charge is 1.97. The predicted octanol–water partition coefficient (Wildman–Crippen LogP) is 0.0960. The van der Waals surface area contributed by atoms with Gasteiger partial charge < -0.3 is 0 Å². The lowest BCUT2D eigenvalue weighted by Crippen LogP contribution is -2.32. The molecule has 4 heteroatoms. The highest BCUT2D eigenvalue weighted by molar-refractivity contribution is 4.74. The van der Waals surface area contributed by atoms with Gasteiger partial charge in [-0.05, 0) is 6.08 Å². The lowest BCUT2D eigenvalue weighted by molar-refractivity contribution is -0.0614. The molecule has 0 aliphatic carbocycles. The van der Waals surface area contributed by atoms with E-state index in [-0.39, 0.29) is 0 Å². The third-order valence-electron chi connectivity index (χ3n) is 0.761. The van der Waals surface area contributed by atoms with Gasteiger partial charge in [0.05, 0.1) is 6.61 Å². The van der Waals surface area contributed by atoms with E-state index in [9.17, 15) is 0 Å². The van der Waals surface area contributed by atoms with Gasteiger partial charge in [-0.1, -0.05) is 12.7 Å². The van der Waals surface area contributed by atoms with E-state index in [1.165, 1.54) is 6.08 Å². The number of rotatable bonds is 6. The summed E-state index contributed by atoms with van der Waals surface area (Å²) in [5, 5.41) is 0. The second-order valence-corrected chi connectivity index (χ2v) is 1.51. The van der Waals surface area contributed by atoms with Gasteiger partial charge in [-0.2, -0.15) is 5.48 Å². The molecule has 1 unspecified atom stereocenters. The van der Waals surface area contributed by atoms with Gasteiger partial charge in [0.1, 0.15) is 0 Å². The normalized spacial score (nSPS) is 12.5. The Morgan fingerprint density at radius 1 is 1.60 bits per heavy atom. The Hall–Kier alpha value is -0.680. The molecule has 0 heterocycles. The van der Waals surface area contributed by atoms with Gasteiger partial charge in [-0.15, -0.1) is 6.58 Å². The van der Waals surface area contributed by atoms with E-state index in [1.54, 1.807) is 6.08 Å². The number of hydroxylamine groups is 1. The zero-order chi connectivity index (χ0) is 7.82. The number of nitrogens with one attached hydrogen (secondary N) is 1. The van der Waals surface area contributed by atoms with Crippen LogP contribution in [0.25, 0.3) is 0 Å². The van der Waals surface area contributed by atoms with Crippen molar-refractivity contribution in [3.05, 3.63) is 25.3 Å². The van der Waals surface area contributed by atoms with Crippen LogP contribution in [0.4, 0.5) is 0 Å². The van der Waals surface area contributed by atoms with Crippen molar-refractivity contribution in [3.63, 3.8) is 0 Å². The lowest BCUT2D eigenvalue weighted by Gasteiger charge is -2.09. The summed E-state index contributed by atoms with van der Waals surface area (Å²) in [6.07, 6.45) is 2.60. The van der Waals surface area contributed by atoms with E-state index in [0.29, 0.717) is 6.61 Å². The van der Waals surface area contributed by atoms with Gasteiger partial charge in [0.15, 0.2) is 6.23 Å². The van der Waals surface area contributed by atoms with E-state index in [0.717, 1.165) is 0 Å². The van der Waals surface area contributed by atoms with Crippen LogP contribution in [-0.2, 0) is 9.68 Å². The Morgan fingerprint density at radius 2 is 2.30 bits per heavy atom. The number of hydrogen-bond donors (Lipinski definition) is 2. The molecule has 0 aromatic rings. The van der Waals surface area contributed by atoms with Crippen molar-refractivity contribution in [1.29, 1.82) is 0 Å². The molecule has 0 fully saturated rings. The van der Waals surface area contributed by atoms with Crippen LogP contribution in [0.5, 0.6) is 0 Å². The molecule has 0 saturated carbocycles. The molecule has 0 rings (SSSR count). The van der Waals surface area contributed by atoms with Gasteiger partial charge in [-0.25, -0.2) is 5.90 Å². The summed E-state index contributed by atoms with van der Waals surface area (Å²) >= 11 is 0. The first kappa shape index (κ1) is 9.32. The van der Waals surface area contributed by atoms with Crippen LogP contribution in [0.3, 0.4) is 0 Å². The highest BCUT2D eigenvalue weighted by Crippen LogP contribution is 1.82. The Labute approximate surface area is 60.2 Å². The van der Waals surface area contributed by atoms with Gasteiger partial charge >= 0.3 is 0 Å². The summed E-state index contributed by atoms with van der Waals surface area (Å²) in [4.78, 5) is 9.14. The minimum absolute atomic E-state index is 0.397. The molecular weight excluding hydrogens is 132 g/mol. The molecule has 0 spiro atoms. The quantitative estimate of drug-likeness (QED) is 0.240. The molecular formula is C6H12N2O2. The number of hydrogen-bond acceptors (Lipinski definition) is 4. The van der Waals surface area contributed by atoms with Crippen LogP contribution in [0.2, 0.25) is 0 Å². The van der Waals surface area contributed by atoms with Crippen LogP contribution in [0.15, 0.2) is 25.3 Å². The van der Waals surface area contributed by atoms with E-state index in [2.05, 4.69) is 23.5 Å². The van der Waals surface area contributed by atoms with Crippen molar-refractivity contribution in [2.75, 3.05) is 6.61 Å². The maximum atomic E-state index is 4.83. The maximum Gasteiger partial charge on any atom is 0.169 e. The van der Waals surface area contributed by atoms with Gasteiger partial charge in [-0.3, -0.25) is 9.68 Å². The standard InChI is InChI=1S/C6H12N2O2/c1-3-5-9-8-6(4-2)10-7/h3-4,6,8H,1-2,5,7H2. The van der Waals surface area contributed by atoms with E-state index in [4.69, 9.17) is 10.7 Å². The SMILES string of the molecule is C=CCONC(C=C)ON. The Bertz CT molecular complexity index is 106. The van der Waals surface area contributed by atoms with Crippen molar-refractivity contribution in [1.82, 2.24) is 5.48 Å². The lowest BCUT2D eigenvalue weighted by atomic mass is 10.6. The summed E-state index contributed by atoms with van der Waals surface area (Å²) in [5.41, 5.74) is 2.48. The first-order chi connectivity index (χ1) is 4.85. The minimum atomic E-state index is -0.472. The molecule has 0 aliphatic heterocycles. The second kappa shape index (κ2) is 6.44. The topological polar surface area (TPSA) is 56.5 Å². The van der Waals surface area contributed by atoms with Crippen LogP contribution in [0, 0.1) is 0 Å². The molecule has 1 atom stereocenters. The fourth-order valence-electron chi connectivity index (χ4n) is 0.321. The van der Waals surface area contributed by atoms with Gasteiger partial charge in [0, 0.05) is 0 Å². The maximum absolute atomic E-state index is 4.83. The first-order valence-corrected chi connectivity index (χ1v) is 2.81. The zero-order valence-corrected chi connectivity index (χ0v) is 5.75. The Morgan fingerprint density at radius 3 is 2.70 bits per heavy atom. The third-order valence-corrected chi connectivity index (χ3v) is 0.761. The molecule has 0 amide bonds. The van der Waals surface area contributed by atoms with Gasteiger partial charge in [0.2, 0.25) is 0 Å². The van der Waals surface area contributed by atoms with E-state index in [1.807, 2.05) is 0 Å². The van der Waals surface area contributed by atoms with Gasteiger partial charge in [0.25, 0.3) is 0 Å². The number of nitrogens with two attached hydrogens (primary N) is 1. The smallest absolute Gasteiger partial charge is 0.169 e. The molecule has 58 valence electrons. The summed E-state index contributed by atoms with van der Waals surface area (Å²) in [7, 11) is 0. The highest BCUT2D eigenvalue weighted by atomic mass is 16.7. The van der Waals surface area contributed by atoms with Crippen molar-refractivity contribution >= 4 is 0 Å². The molecule has 0 bridgehead atoms. The molecule has 3 N–H and O–H groups in total. The molecule has 0 saturated heterocycles. The molecule has 0 aromatic heterocycles. The molecule has 0 aliphatic rings. The van der Waals surface area contributed by atoms with Crippen molar-refractivity contribution in [3.8, 4) is 0 Å². The monoisotopic (exact) mass is 144 g/mol. The summed E-state index contributed by atoms with van der Waals surface area (Å²) in [6.45, 7) is 7.28. The fourth-order valence-corrected chi connectivity index (χ4v) is 0.321. The zero-order valence-electron chi connectivity index (χ0n) is 5.75. The summed E-state index contributed by atoms with van der Waals surface area (Å²) in [6, 6.07) is 0. The molecule has 0 aromatic carbocycles. The fraction of sp³-hybridized carbons (Fsp3) is 0.333. The molecule has 4 nitrogen and oxygen atoms in total. The second-order valence-electron chi connectivity index (χ2n) is 1.51. The average molecular weight is 144 g/mol. The summed E-state index contributed by atoms with van der Waals surface area (Å²) in [5.74, 6) is 4.83. The van der Waals surface area contributed by atoms with E-state index >= 15 is 0 Å². The Balaban J connectivity index is 3.25. The minimum Gasteiger partial charge on any atom is -0.295 e. The van der Waals surface area contributed by atoms with Crippen LogP contribution in [0.1, 0.15) is 0 Å². The largest absolute Gasteiger partial charge is 0.295 e. The van der Waals surface area contributed by atoms with Crippen molar-refractivity contribution in [2.24, 2.45) is 5.90 Å². The Kier molecular flexibility index (Phi) is 6.00. The van der Waals surface area contributed by atoms with Crippen LogP contribution < -0.4 is 11.4 Å². The van der Waals surface area contributed by atoms with Crippen molar-refractivity contribution in [2.45, 2.75) is 6.23 Å².